The number of esters is 4. The molecule has 2 aromatic rings. The number of carbonyl (C=O) groups excluding carboxylic acids is 4. The van der Waals surface area contributed by atoms with E-state index in [1.54, 1.807) is 48.5 Å². The fraction of sp³-hybridized carbons (Fsp3) is 0.704. The number of carbonyl (C=O) groups is 4. The molecule has 1 aliphatic rings. The van der Waals surface area contributed by atoms with E-state index < -0.39 is 0 Å². The Kier molecular flexibility index (Phi) is 28.0. The van der Waals surface area contributed by atoms with Crippen LogP contribution in [0.1, 0.15) is 228 Å². The molecule has 0 aromatic heterocycles. The lowest BCUT2D eigenvalue weighted by molar-refractivity contribution is -0.132. The summed E-state index contributed by atoms with van der Waals surface area (Å²) >= 11 is 0. The van der Waals surface area contributed by atoms with Gasteiger partial charge in [0.25, 0.3) is 0 Å². The lowest BCUT2D eigenvalue weighted by Gasteiger charge is -2.44. The highest BCUT2D eigenvalue weighted by Crippen LogP contribution is 2.48. The minimum atomic E-state index is -0.385. The maximum absolute atomic E-state index is 12.5. The van der Waals surface area contributed by atoms with Gasteiger partial charge in [-0.3, -0.25) is 9.59 Å². The summed E-state index contributed by atoms with van der Waals surface area (Å²) in [7, 11) is 0. The van der Waals surface area contributed by atoms with Crippen LogP contribution in [0.2, 0.25) is 0 Å². The van der Waals surface area contributed by atoms with Crippen molar-refractivity contribution in [2.24, 2.45) is 23.7 Å². The lowest BCUT2D eigenvalue weighted by Crippen LogP contribution is -2.35. The molecule has 3 rings (SSSR count). The van der Waals surface area contributed by atoms with E-state index in [4.69, 9.17) is 18.9 Å². The summed E-state index contributed by atoms with van der Waals surface area (Å²) < 4.78 is 21.1. The van der Waals surface area contributed by atoms with E-state index >= 15 is 0 Å². The van der Waals surface area contributed by atoms with Gasteiger partial charge in [-0.2, -0.15) is 0 Å². The number of ether oxygens (including phenoxy) is 4. The Labute approximate surface area is 376 Å². The minimum absolute atomic E-state index is 0.333. The van der Waals surface area contributed by atoms with Crippen molar-refractivity contribution in [1.29, 1.82) is 0 Å². The molecule has 1 saturated carbocycles. The van der Waals surface area contributed by atoms with Crippen molar-refractivity contribution in [3.05, 3.63) is 59.7 Å². The molecule has 348 valence electrons. The fourth-order valence-corrected chi connectivity index (χ4v) is 9.72. The first kappa shape index (κ1) is 52.7. The molecule has 0 bridgehead atoms. The van der Waals surface area contributed by atoms with Gasteiger partial charge >= 0.3 is 23.9 Å². The van der Waals surface area contributed by atoms with Gasteiger partial charge < -0.3 is 18.9 Å². The molecule has 1 fully saturated rings. The molecule has 0 saturated heterocycles. The first-order chi connectivity index (χ1) is 30.2. The molecule has 8 heteroatoms. The number of benzene rings is 2. The molecule has 0 unspecified atom stereocenters. The molecule has 1 aliphatic carbocycles. The predicted octanol–water partition coefficient (Wildman–Crippen LogP) is 15.0. The number of hydrogen-bond acceptors (Lipinski definition) is 8. The zero-order valence-electron chi connectivity index (χ0n) is 39.4. The third-order valence-corrected chi connectivity index (χ3v) is 13.1. The topological polar surface area (TPSA) is 105 Å². The van der Waals surface area contributed by atoms with Gasteiger partial charge in [0.1, 0.15) is 11.5 Å². The SMILES string of the molecule is CCCCCCCC[C@H]1[C@@H](CCCCCC)CC[C@@H](CCCCCCCCOC(=O)c2ccc(OC(C)=O)cc2)[C@@H]1CCCCCCCCOC(=O)c1ccc(OC(C)=O)cc1. The monoisotopic (exact) mass is 861 g/mol. The zero-order chi connectivity index (χ0) is 44.6. The molecule has 0 radical (unpaired) electrons. The van der Waals surface area contributed by atoms with Gasteiger partial charge in [0.15, 0.2) is 0 Å². The summed E-state index contributed by atoms with van der Waals surface area (Å²) in [4.78, 5) is 47.2. The van der Waals surface area contributed by atoms with Crippen LogP contribution in [-0.2, 0) is 19.1 Å². The van der Waals surface area contributed by atoms with Gasteiger partial charge in [-0.05, 0) is 111 Å². The molecule has 0 N–H and O–H groups in total. The highest BCUT2D eigenvalue weighted by molar-refractivity contribution is 5.90. The summed E-state index contributed by atoms with van der Waals surface area (Å²) in [5.74, 6) is 2.94. The van der Waals surface area contributed by atoms with Crippen molar-refractivity contribution >= 4 is 23.9 Å². The third kappa shape index (κ3) is 22.6. The Morgan fingerprint density at radius 3 is 1.08 bits per heavy atom. The van der Waals surface area contributed by atoms with E-state index in [1.807, 2.05) is 0 Å². The highest BCUT2D eigenvalue weighted by Gasteiger charge is 2.37. The van der Waals surface area contributed by atoms with Crippen LogP contribution in [0.5, 0.6) is 11.5 Å². The van der Waals surface area contributed by atoms with Gasteiger partial charge in [0.05, 0.1) is 24.3 Å². The summed E-state index contributed by atoms with van der Waals surface area (Å²) in [5, 5.41) is 0. The second kappa shape index (κ2) is 32.9. The third-order valence-electron chi connectivity index (χ3n) is 13.1. The molecule has 4 atom stereocenters. The van der Waals surface area contributed by atoms with Crippen molar-refractivity contribution in [2.45, 2.75) is 207 Å². The Morgan fingerprint density at radius 2 is 0.726 bits per heavy atom. The summed E-state index contributed by atoms with van der Waals surface area (Å²) in [6.07, 6.45) is 36.3. The minimum Gasteiger partial charge on any atom is -0.462 e. The normalized spacial score (nSPS) is 17.4. The number of unbranched alkanes of at least 4 members (excludes halogenated alkanes) is 18. The quantitative estimate of drug-likeness (QED) is 0.0389. The largest absolute Gasteiger partial charge is 0.462 e. The maximum Gasteiger partial charge on any atom is 0.338 e. The van der Waals surface area contributed by atoms with E-state index in [0.717, 1.165) is 49.4 Å². The van der Waals surface area contributed by atoms with Crippen LogP contribution in [0.25, 0.3) is 0 Å². The number of rotatable bonds is 34. The second-order valence-electron chi connectivity index (χ2n) is 18.2. The summed E-state index contributed by atoms with van der Waals surface area (Å²) in [5.41, 5.74) is 0.938. The van der Waals surface area contributed by atoms with Crippen molar-refractivity contribution in [3.63, 3.8) is 0 Å². The second-order valence-corrected chi connectivity index (χ2v) is 18.2. The van der Waals surface area contributed by atoms with Crippen molar-refractivity contribution in [2.75, 3.05) is 13.2 Å². The summed E-state index contributed by atoms with van der Waals surface area (Å²) in [6, 6.07) is 13.0. The maximum atomic E-state index is 12.5. The average molecular weight is 861 g/mol. The Hall–Kier alpha value is -3.68. The van der Waals surface area contributed by atoms with Crippen LogP contribution >= 0.6 is 0 Å². The molecular weight excluding hydrogens is 777 g/mol. The van der Waals surface area contributed by atoms with Crippen molar-refractivity contribution in [1.82, 2.24) is 0 Å². The molecule has 0 heterocycles. The van der Waals surface area contributed by atoms with E-state index in [0.29, 0.717) is 35.8 Å². The van der Waals surface area contributed by atoms with Gasteiger partial charge in [-0.15, -0.1) is 0 Å². The van der Waals surface area contributed by atoms with Crippen molar-refractivity contribution in [3.8, 4) is 11.5 Å². The van der Waals surface area contributed by atoms with Crippen LogP contribution in [-0.4, -0.2) is 37.1 Å². The first-order valence-corrected chi connectivity index (χ1v) is 25.1. The van der Waals surface area contributed by atoms with Gasteiger partial charge in [-0.1, -0.05) is 155 Å². The van der Waals surface area contributed by atoms with E-state index in [-0.39, 0.29) is 23.9 Å². The molecule has 2 aromatic carbocycles. The highest BCUT2D eigenvalue weighted by atomic mass is 16.5. The molecule has 0 spiro atoms. The predicted molar refractivity (Wildman–Crippen MR) is 251 cm³/mol. The van der Waals surface area contributed by atoms with Crippen LogP contribution in [0.4, 0.5) is 0 Å². The Bertz CT molecular complexity index is 1500. The number of hydrogen-bond donors (Lipinski definition) is 0. The van der Waals surface area contributed by atoms with Crippen LogP contribution < -0.4 is 9.47 Å². The summed E-state index contributed by atoms with van der Waals surface area (Å²) in [6.45, 7) is 8.21. The van der Waals surface area contributed by atoms with E-state index in [1.165, 1.54) is 168 Å². The molecular formula is C54H84O8. The molecule has 62 heavy (non-hydrogen) atoms. The molecule has 8 nitrogen and oxygen atoms in total. The Balaban J connectivity index is 1.42. The van der Waals surface area contributed by atoms with E-state index in [2.05, 4.69) is 13.8 Å². The Morgan fingerprint density at radius 1 is 0.419 bits per heavy atom. The lowest BCUT2D eigenvalue weighted by atomic mass is 9.61. The van der Waals surface area contributed by atoms with Crippen LogP contribution in [0, 0.1) is 23.7 Å². The van der Waals surface area contributed by atoms with Gasteiger partial charge in [0, 0.05) is 13.8 Å². The van der Waals surface area contributed by atoms with Crippen molar-refractivity contribution < 1.29 is 38.1 Å². The molecule has 0 amide bonds. The zero-order valence-corrected chi connectivity index (χ0v) is 39.4. The molecule has 0 aliphatic heterocycles. The van der Waals surface area contributed by atoms with E-state index in [9.17, 15) is 19.2 Å². The van der Waals surface area contributed by atoms with Gasteiger partial charge in [-0.25, -0.2) is 9.59 Å². The standard InChI is InChI=1S/C54H84O8/c1-5-7-9-11-17-23-29-51-45(27-21-10-8-6-2)31-32-46(28-22-16-12-14-19-25-41-59-53(57)47-33-37-49(38-34-47)61-43(3)55)52(51)30-24-18-13-15-20-26-42-60-54(58)48-35-39-50(40-36-48)62-44(4)56/h33-40,45-46,51-52H,5-32,41-42H2,1-4H3/t45-,46+,51-,52-/m0/s1. The average Bonchev–Trinajstić information content (AvgIpc) is 3.25. The smallest absolute Gasteiger partial charge is 0.338 e. The first-order valence-electron chi connectivity index (χ1n) is 25.1. The van der Waals surface area contributed by atoms with Crippen LogP contribution in [0.15, 0.2) is 48.5 Å². The van der Waals surface area contributed by atoms with Gasteiger partial charge in [0.2, 0.25) is 0 Å². The van der Waals surface area contributed by atoms with Crippen LogP contribution in [0.3, 0.4) is 0 Å². The fourth-order valence-electron chi connectivity index (χ4n) is 9.72.